The van der Waals surface area contributed by atoms with E-state index in [-0.39, 0.29) is 34.1 Å². The van der Waals surface area contributed by atoms with Crippen molar-refractivity contribution in [2.24, 2.45) is 43.6 Å². The first-order chi connectivity index (χ1) is 40.9. The minimum Gasteiger partial charge on any atom is -0.316 e. The normalized spacial score (nSPS) is 18.2. The SMILES string of the molecule is C1C[C@H]2CNC[C@@H]12.C1C[C@H]2CNC[C@@H]12.CC(=Nc1c(C(C)C)cccc1C(C)C)c1cccc(C(C)=Nc2c(C(C)C)cccc2C(C)C)n1.CC(=Nc1c(C(C)C)cccc1C(C)C)c1cccc(C(C)=Nc2c(C(C)C)cccc2C(C)C)n1.[Fe].[Fe]. The van der Waals surface area contributed by atoms with E-state index in [1.54, 1.807) is 0 Å². The van der Waals surface area contributed by atoms with Crippen molar-refractivity contribution in [2.75, 3.05) is 26.2 Å². The summed E-state index contributed by atoms with van der Waals surface area (Å²) in [6.07, 6.45) is 5.99. The predicted octanol–water partition coefficient (Wildman–Crippen LogP) is 20.9. The molecule has 10 heteroatoms. The maximum atomic E-state index is 5.15. The molecule has 10 rings (SSSR count). The summed E-state index contributed by atoms with van der Waals surface area (Å²) in [5, 5.41) is 6.77. The van der Waals surface area contributed by atoms with Crippen LogP contribution in [0.3, 0.4) is 0 Å². The Morgan fingerprint density at radius 3 is 0.591 bits per heavy atom. The van der Waals surface area contributed by atoms with Crippen LogP contribution in [0, 0.1) is 23.7 Å². The Morgan fingerprint density at radius 1 is 0.295 bits per heavy atom. The molecule has 0 amide bonds. The van der Waals surface area contributed by atoms with Gasteiger partial charge >= 0.3 is 0 Å². The van der Waals surface area contributed by atoms with Crippen molar-refractivity contribution in [3.8, 4) is 0 Å². The molecule has 0 unspecified atom stereocenters. The van der Waals surface area contributed by atoms with Crippen molar-refractivity contribution in [2.45, 2.75) is 212 Å². The van der Waals surface area contributed by atoms with Gasteiger partial charge in [-0.25, -0.2) is 9.97 Å². The number of hydrogen-bond donors (Lipinski definition) is 2. The molecule has 476 valence electrons. The Balaban J connectivity index is 0.000000254. The number of aromatic nitrogens is 2. The van der Waals surface area contributed by atoms with Crippen LogP contribution in [-0.2, 0) is 34.1 Å². The monoisotopic (exact) mass is 1270 g/mol. The first-order valence-corrected chi connectivity index (χ1v) is 33.0. The molecule has 2 aliphatic heterocycles. The molecule has 2 aliphatic carbocycles. The second-order valence-corrected chi connectivity index (χ2v) is 27.5. The van der Waals surface area contributed by atoms with E-state index in [4.69, 9.17) is 29.9 Å². The van der Waals surface area contributed by atoms with Gasteiger partial charge in [0.15, 0.2) is 0 Å². The van der Waals surface area contributed by atoms with E-state index < -0.39 is 0 Å². The van der Waals surface area contributed by atoms with Crippen LogP contribution in [0.2, 0.25) is 0 Å². The van der Waals surface area contributed by atoms with Gasteiger partial charge in [0.1, 0.15) is 0 Å². The van der Waals surface area contributed by atoms with Crippen LogP contribution >= 0.6 is 0 Å². The number of aliphatic imine (C=N–C) groups is 4. The van der Waals surface area contributed by atoms with Crippen LogP contribution in [0.25, 0.3) is 0 Å². The molecule has 2 N–H and O–H groups in total. The zero-order valence-electron chi connectivity index (χ0n) is 57.4. The van der Waals surface area contributed by atoms with Crippen LogP contribution in [0.15, 0.2) is 129 Å². The number of hydrogen-bond acceptors (Lipinski definition) is 8. The Labute approximate surface area is 554 Å². The molecular formula is C78H108Fe2N8. The van der Waals surface area contributed by atoms with E-state index in [1.807, 2.05) is 24.3 Å². The standard InChI is InChI=1S/2C33H43N3.2C6H11N.2Fe/c2*1-20(2)26-14-11-15-27(21(3)4)32(26)34-24(9)30-18-13-19-31(36-30)25(10)35-33-28(22(5)6)16-12-17-29(33)23(7)8;2*1-2-6-4-7-3-5(1)6;;/h2*11-23H,1-10H3;2*5-7H,1-4H2;;/t;;2*5-,6+;;. The summed E-state index contributed by atoms with van der Waals surface area (Å²) >= 11 is 0. The van der Waals surface area contributed by atoms with Gasteiger partial charge in [-0.15, -0.1) is 0 Å². The molecule has 0 radical (unpaired) electrons. The second kappa shape index (κ2) is 34.3. The van der Waals surface area contributed by atoms with E-state index >= 15 is 0 Å². The average molecular weight is 1270 g/mol. The first kappa shape index (κ1) is 73.6. The number of pyridine rings is 2. The maximum absolute atomic E-state index is 5.15. The molecule has 88 heavy (non-hydrogen) atoms. The van der Waals surface area contributed by atoms with Crippen LogP contribution in [-0.4, -0.2) is 59.0 Å². The third-order valence-corrected chi connectivity index (χ3v) is 18.2. The van der Waals surface area contributed by atoms with Crippen molar-refractivity contribution in [1.29, 1.82) is 0 Å². The molecule has 0 bridgehead atoms. The van der Waals surface area contributed by atoms with Crippen molar-refractivity contribution < 1.29 is 34.1 Å². The fourth-order valence-electron chi connectivity index (χ4n) is 12.4. The molecule has 2 saturated carbocycles. The minimum atomic E-state index is 0. The third kappa shape index (κ3) is 19.0. The zero-order chi connectivity index (χ0) is 62.5. The van der Waals surface area contributed by atoms with Gasteiger partial charge in [0, 0.05) is 34.1 Å². The number of para-hydroxylation sites is 4. The fraction of sp³-hybridized carbons (Fsp3) is 0.513. The second-order valence-electron chi connectivity index (χ2n) is 27.5. The summed E-state index contributed by atoms with van der Waals surface area (Å²) in [5.41, 5.74) is 21.8. The molecule has 2 aromatic heterocycles. The quantitative estimate of drug-likeness (QED) is 0.0745. The zero-order valence-corrected chi connectivity index (χ0v) is 59.6. The number of benzene rings is 4. The van der Waals surface area contributed by atoms with Crippen LogP contribution in [0.4, 0.5) is 22.7 Å². The fourth-order valence-corrected chi connectivity index (χ4v) is 12.4. The summed E-state index contributed by atoms with van der Waals surface area (Å²) in [4.78, 5) is 30.6. The van der Waals surface area contributed by atoms with Crippen molar-refractivity contribution >= 4 is 45.6 Å². The van der Waals surface area contributed by atoms with Gasteiger partial charge in [0.25, 0.3) is 0 Å². The number of nitrogens with one attached hydrogen (secondary N) is 2. The Morgan fingerprint density at radius 2 is 0.455 bits per heavy atom. The Bertz CT molecular complexity index is 2810. The molecule has 8 nitrogen and oxygen atoms in total. The molecule has 4 fully saturated rings. The summed E-state index contributed by atoms with van der Waals surface area (Å²) in [7, 11) is 0. The molecule has 4 heterocycles. The summed E-state index contributed by atoms with van der Waals surface area (Å²) in [5.74, 6) is 7.56. The predicted molar refractivity (Wildman–Crippen MR) is 373 cm³/mol. The summed E-state index contributed by atoms with van der Waals surface area (Å²) in [6.45, 7) is 49.1. The first-order valence-electron chi connectivity index (χ1n) is 33.0. The third-order valence-electron chi connectivity index (χ3n) is 18.2. The van der Waals surface area contributed by atoms with Gasteiger partial charge in [-0.2, -0.15) is 0 Å². The van der Waals surface area contributed by atoms with Crippen molar-refractivity contribution in [1.82, 2.24) is 20.6 Å². The van der Waals surface area contributed by atoms with Crippen LogP contribution in [0.5, 0.6) is 0 Å². The molecule has 2 saturated heterocycles. The van der Waals surface area contributed by atoms with Gasteiger partial charge in [0.05, 0.1) is 68.4 Å². The molecule has 4 aliphatic rings. The van der Waals surface area contributed by atoms with Gasteiger partial charge < -0.3 is 10.6 Å². The van der Waals surface area contributed by atoms with Crippen molar-refractivity contribution in [3.05, 3.63) is 176 Å². The summed E-state index contributed by atoms with van der Waals surface area (Å²) in [6, 6.07) is 38.5. The number of rotatable bonds is 16. The average Bonchev–Trinajstić information content (AvgIpc) is 1.61. The van der Waals surface area contributed by atoms with Gasteiger partial charge in [-0.05, 0) is 219 Å². The van der Waals surface area contributed by atoms with E-state index in [0.717, 1.165) is 92.0 Å². The molecule has 6 aromatic rings. The van der Waals surface area contributed by atoms with Crippen LogP contribution < -0.4 is 10.6 Å². The minimum absolute atomic E-state index is 0. The Kier molecular flexibility index (Phi) is 28.7. The largest absolute Gasteiger partial charge is 0.316 e. The van der Waals surface area contributed by atoms with Crippen LogP contribution in [0.1, 0.15) is 279 Å². The maximum Gasteiger partial charge on any atom is 0.0849 e. The molecular weight excluding hydrogens is 1160 g/mol. The van der Waals surface area contributed by atoms with Crippen molar-refractivity contribution in [3.63, 3.8) is 0 Å². The molecule has 4 aromatic carbocycles. The van der Waals surface area contributed by atoms with Gasteiger partial charge in [-0.1, -0.05) is 196 Å². The molecule has 4 atom stereocenters. The van der Waals surface area contributed by atoms with E-state index in [9.17, 15) is 0 Å². The van der Waals surface area contributed by atoms with E-state index in [1.165, 1.54) is 96.4 Å². The van der Waals surface area contributed by atoms with E-state index in [0.29, 0.717) is 47.3 Å². The molecule has 0 spiro atoms. The van der Waals surface area contributed by atoms with E-state index in [2.05, 4.69) is 234 Å². The number of nitrogens with zero attached hydrogens (tertiary/aromatic N) is 6. The smallest absolute Gasteiger partial charge is 0.0849 e. The topological polar surface area (TPSA) is 99.3 Å². The summed E-state index contributed by atoms with van der Waals surface area (Å²) < 4.78 is 0. The van der Waals surface area contributed by atoms with Gasteiger partial charge in [-0.3, -0.25) is 20.0 Å². The Hall–Kier alpha value is -5.18. The number of fused-ring (bicyclic) bond motifs is 2. The van der Waals surface area contributed by atoms with Gasteiger partial charge in [0.2, 0.25) is 0 Å².